The molecule has 0 N–H and O–H groups in total. The average molecular weight is 205 g/mol. The van der Waals surface area contributed by atoms with Crippen LogP contribution < -0.4 is 4.84 Å². The van der Waals surface area contributed by atoms with Gasteiger partial charge in [0.05, 0.1) is 0 Å². The first kappa shape index (κ1) is 9.96. The van der Waals surface area contributed by atoms with Crippen LogP contribution in [-0.4, -0.2) is 21.8 Å². The molecule has 0 saturated carbocycles. The summed E-state index contributed by atoms with van der Waals surface area (Å²) in [5.74, 6) is 0. The highest BCUT2D eigenvalue weighted by atomic mass is 16.7. The first-order valence-electron chi connectivity index (χ1n) is 5.26. The first-order valence-corrected chi connectivity index (χ1v) is 5.26. The zero-order chi connectivity index (χ0) is 10.7. The van der Waals surface area contributed by atoms with Crippen LogP contribution in [0.5, 0.6) is 0 Å². The topological polar surface area (TPSA) is 39.9 Å². The quantitative estimate of drug-likeness (QED) is 0.716. The summed E-state index contributed by atoms with van der Waals surface area (Å²) in [6.45, 7) is 4.85. The number of hydrogen-bond acceptors (Lipinski definition) is 3. The zero-order valence-corrected chi connectivity index (χ0v) is 9.10. The van der Waals surface area contributed by atoms with Gasteiger partial charge < -0.3 is 4.84 Å². The van der Waals surface area contributed by atoms with Gasteiger partial charge in [-0.1, -0.05) is 24.3 Å². The Morgan fingerprint density at radius 1 is 1.40 bits per heavy atom. The molecule has 2 rings (SSSR count). The molecule has 0 spiro atoms. The van der Waals surface area contributed by atoms with Gasteiger partial charge in [-0.15, -0.1) is 5.10 Å². The molecule has 4 nitrogen and oxygen atoms in total. The van der Waals surface area contributed by atoms with E-state index in [1.165, 1.54) is 10.4 Å². The summed E-state index contributed by atoms with van der Waals surface area (Å²) in [6, 6.07) is 6.02. The van der Waals surface area contributed by atoms with E-state index in [1.807, 2.05) is 25.1 Å². The van der Waals surface area contributed by atoms with E-state index in [-0.39, 0.29) is 0 Å². The lowest BCUT2D eigenvalue weighted by molar-refractivity contribution is 0.0853. The molecule has 2 aromatic rings. The lowest BCUT2D eigenvalue weighted by Crippen LogP contribution is -2.14. The number of hydrogen-bond donors (Lipinski definition) is 0. The van der Waals surface area contributed by atoms with Crippen LogP contribution >= 0.6 is 0 Å². The third kappa shape index (κ3) is 2.09. The Morgan fingerprint density at radius 3 is 3.07 bits per heavy atom. The zero-order valence-electron chi connectivity index (χ0n) is 9.10. The van der Waals surface area contributed by atoms with Crippen LogP contribution in [0.2, 0.25) is 0 Å². The van der Waals surface area contributed by atoms with Gasteiger partial charge in [-0.2, -0.15) is 0 Å². The minimum Gasteiger partial charge on any atom is -0.395 e. The number of unbranched alkanes of at least 4 members (excludes halogenated alkanes) is 1. The van der Waals surface area contributed by atoms with Gasteiger partial charge >= 0.3 is 0 Å². The van der Waals surface area contributed by atoms with Crippen LogP contribution in [-0.2, 0) is 0 Å². The molecule has 0 aliphatic rings. The van der Waals surface area contributed by atoms with E-state index in [0.29, 0.717) is 6.61 Å². The van der Waals surface area contributed by atoms with Crippen LogP contribution in [0.1, 0.15) is 25.3 Å². The molecule has 0 amide bonds. The minimum atomic E-state index is 0.683. The third-order valence-corrected chi connectivity index (χ3v) is 2.28. The summed E-state index contributed by atoms with van der Waals surface area (Å²) < 4.78 is 0. The molecule has 0 radical (unpaired) electrons. The summed E-state index contributed by atoms with van der Waals surface area (Å²) >= 11 is 0. The maximum absolute atomic E-state index is 5.48. The van der Waals surface area contributed by atoms with Gasteiger partial charge in [0.1, 0.15) is 17.6 Å². The van der Waals surface area contributed by atoms with Crippen molar-refractivity contribution in [1.29, 1.82) is 0 Å². The Hall–Kier alpha value is -1.58. The monoisotopic (exact) mass is 205 g/mol. The Bertz CT molecular complexity index is 450. The Balaban J connectivity index is 2.21. The molecule has 4 heteroatoms. The Morgan fingerprint density at radius 2 is 2.27 bits per heavy atom. The van der Waals surface area contributed by atoms with Crippen molar-refractivity contribution in [3.05, 3.63) is 23.8 Å². The number of benzene rings is 1. The van der Waals surface area contributed by atoms with Crippen LogP contribution in [0.4, 0.5) is 0 Å². The second kappa shape index (κ2) is 4.29. The van der Waals surface area contributed by atoms with Crippen molar-refractivity contribution in [2.45, 2.75) is 26.7 Å². The fraction of sp³-hybridized carbons (Fsp3) is 0.455. The molecule has 0 bridgehead atoms. The Labute approximate surface area is 88.8 Å². The standard InChI is InChI=1S/C11H15N3O/c1-3-4-7-15-14-11-6-5-9(2)8-10(11)12-13-14/h5-6,8H,3-4,7H2,1-2H3. The molecule has 1 aromatic carbocycles. The van der Waals surface area contributed by atoms with Crippen LogP contribution in [0.25, 0.3) is 11.0 Å². The molecular formula is C11H15N3O. The first-order chi connectivity index (χ1) is 7.31. The van der Waals surface area contributed by atoms with Crippen molar-refractivity contribution >= 4 is 11.0 Å². The van der Waals surface area contributed by atoms with E-state index in [9.17, 15) is 0 Å². The average Bonchev–Trinajstić information content (AvgIpc) is 2.61. The van der Waals surface area contributed by atoms with Gasteiger partial charge in [0.25, 0.3) is 0 Å². The molecule has 0 atom stereocenters. The predicted molar refractivity (Wildman–Crippen MR) is 58.6 cm³/mol. The van der Waals surface area contributed by atoms with Crippen molar-refractivity contribution in [2.24, 2.45) is 0 Å². The summed E-state index contributed by atoms with van der Waals surface area (Å²) in [4.78, 5) is 6.99. The fourth-order valence-corrected chi connectivity index (χ4v) is 1.40. The summed E-state index contributed by atoms with van der Waals surface area (Å²) in [5, 5.41) is 8.00. The number of aryl methyl sites for hydroxylation is 1. The summed E-state index contributed by atoms with van der Waals surface area (Å²) in [5.41, 5.74) is 2.99. The number of rotatable bonds is 4. The second-order valence-corrected chi connectivity index (χ2v) is 3.64. The van der Waals surface area contributed by atoms with Gasteiger partial charge in [0, 0.05) is 0 Å². The highest BCUT2D eigenvalue weighted by molar-refractivity contribution is 5.74. The van der Waals surface area contributed by atoms with Crippen LogP contribution in [0.3, 0.4) is 0 Å². The lowest BCUT2D eigenvalue weighted by atomic mass is 10.2. The van der Waals surface area contributed by atoms with Crippen LogP contribution in [0.15, 0.2) is 18.2 Å². The van der Waals surface area contributed by atoms with Gasteiger partial charge in [0.2, 0.25) is 0 Å². The van der Waals surface area contributed by atoms with E-state index >= 15 is 0 Å². The van der Waals surface area contributed by atoms with Gasteiger partial charge in [-0.3, -0.25) is 0 Å². The number of aromatic nitrogens is 3. The van der Waals surface area contributed by atoms with E-state index < -0.39 is 0 Å². The van der Waals surface area contributed by atoms with E-state index in [2.05, 4.69) is 17.2 Å². The summed E-state index contributed by atoms with van der Waals surface area (Å²) in [6.07, 6.45) is 2.15. The highest BCUT2D eigenvalue weighted by Crippen LogP contribution is 2.11. The second-order valence-electron chi connectivity index (χ2n) is 3.64. The third-order valence-electron chi connectivity index (χ3n) is 2.28. The molecular weight excluding hydrogens is 190 g/mol. The van der Waals surface area contributed by atoms with Crippen LogP contribution in [0, 0.1) is 6.92 Å². The molecule has 80 valence electrons. The fourth-order valence-electron chi connectivity index (χ4n) is 1.40. The number of fused-ring (bicyclic) bond motifs is 1. The van der Waals surface area contributed by atoms with E-state index in [0.717, 1.165) is 23.9 Å². The van der Waals surface area contributed by atoms with Gasteiger partial charge in [0.15, 0.2) is 0 Å². The van der Waals surface area contributed by atoms with E-state index in [4.69, 9.17) is 4.84 Å². The molecule has 0 unspecified atom stereocenters. The van der Waals surface area contributed by atoms with Crippen molar-refractivity contribution in [1.82, 2.24) is 15.2 Å². The van der Waals surface area contributed by atoms with Crippen molar-refractivity contribution in [3.63, 3.8) is 0 Å². The molecule has 15 heavy (non-hydrogen) atoms. The van der Waals surface area contributed by atoms with Crippen molar-refractivity contribution in [2.75, 3.05) is 6.61 Å². The summed E-state index contributed by atoms with van der Waals surface area (Å²) in [7, 11) is 0. The number of nitrogens with zero attached hydrogens (tertiary/aromatic N) is 3. The molecule has 0 fully saturated rings. The Kier molecular flexibility index (Phi) is 2.85. The molecule has 0 saturated heterocycles. The maximum atomic E-state index is 5.48. The SMILES string of the molecule is CCCCOn1nnc2cc(C)ccc21. The highest BCUT2D eigenvalue weighted by Gasteiger charge is 2.04. The minimum absolute atomic E-state index is 0.683. The lowest BCUT2D eigenvalue weighted by Gasteiger charge is -2.03. The van der Waals surface area contributed by atoms with Gasteiger partial charge in [-0.05, 0) is 36.3 Å². The maximum Gasteiger partial charge on any atom is 0.130 e. The molecule has 0 aliphatic heterocycles. The largest absolute Gasteiger partial charge is 0.395 e. The molecule has 1 heterocycles. The molecule has 0 aliphatic carbocycles. The van der Waals surface area contributed by atoms with Crippen molar-refractivity contribution in [3.8, 4) is 0 Å². The predicted octanol–water partition coefficient (Wildman–Crippen LogP) is 1.97. The smallest absolute Gasteiger partial charge is 0.130 e. The molecule has 1 aromatic heterocycles. The van der Waals surface area contributed by atoms with E-state index in [1.54, 1.807) is 0 Å². The van der Waals surface area contributed by atoms with Gasteiger partial charge in [-0.25, -0.2) is 0 Å². The van der Waals surface area contributed by atoms with Crippen molar-refractivity contribution < 1.29 is 4.84 Å². The normalized spacial score (nSPS) is 10.8.